The SMILES string of the molecule is CS(=O)(=O)NC[C@H]1[C@H]2CN(c3ccc4ccccc4n3)C[C@]23CC[C@H]1O3. The number of anilines is 1. The van der Waals surface area contributed by atoms with E-state index in [1.165, 1.54) is 6.26 Å². The van der Waals surface area contributed by atoms with Gasteiger partial charge in [0.05, 0.1) is 23.5 Å². The number of sulfonamides is 1. The summed E-state index contributed by atoms with van der Waals surface area (Å²) in [5.74, 6) is 1.57. The fraction of sp³-hybridized carbons (Fsp3) is 0.526. The van der Waals surface area contributed by atoms with E-state index in [-0.39, 0.29) is 17.6 Å². The summed E-state index contributed by atoms with van der Waals surface area (Å²) in [7, 11) is -3.18. The van der Waals surface area contributed by atoms with Gasteiger partial charge in [-0.25, -0.2) is 18.1 Å². The van der Waals surface area contributed by atoms with Gasteiger partial charge in [0.2, 0.25) is 10.0 Å². The Kier molecular flexibility index (Phi) is 3.58. The van der Waals surface area contributed by atoms with Crippen LogP contribution in [0.5, 0.6) is 0 Å². The van der Waals surface area contributed by atoms with E-state index in [0.29, 0.717) is 12.5 Å². The highest BCUT2D eigenvalue weighted by atomic mass is 32.2. The number of aromatic nitrogens is 1. The molecular formula is C19H23N3O3S. The van der Waals surface area contributed by atoms with Crippen LogP contribution in [-0.2, 0) is 14.8 Å². The first-order valence-electron chi connectivity index (χ1n) is 9.17. The molecule has 3 aliphatic heterocycles. The molecule has 5 rings (SSSR count). The molecule has 4 atom stereocenters. The first kappa shape index (κ1) is 16.5. The van der Waals surface area contributed by atoms with E-state index in [0.717, 1.165) is 42.7 Å². The van der Waals surface area contributed by atoms with Crippen molar-refractivity contribution in [2.75, 3.05) is 30.8 Å². The average Bonchev–Trinajstić information content (AvgIpc) is 3.27. The van der Waals surface area contributed by atoms with Crippen LogP contribution in [0, 0.1) is 11.8 Å². The Balaban J connectivity index is 1.41. The lowest BCUT2D eigenvalue weighted by molar-refractivity contribution is 0.0142. The first-order valence-corrected chi connectivity index (χ1v) is 11.1. The third kappa shape index (κ3) is 2.61. The summed E-state index contributed by atoms with van der Waals surface area (Å²) < 4.78 is 32.1. The summed E-state index contributed by atoms with van der Waals surface area (Å²) in [5, 5.41) is 1.14. The molecule has 7 heteroatoms. The van der Waals surface area contributed by atoms with Crippen LogP contribution >= 0.6 is 0 Å². The molecule has 0 aliphatic carbocycles. The second kappa shape index (κ2) is 5.65. The number of rotatable bonds is 4. The van der Waals surface area contributed by atoms with Crippen molar-refractivity contribution in [3.8, 4) is 0 Å². The minimum absolute atomic E-state index is 0.137. The summed E-state index contributed by atoms with van der Waals surface area (Å²) in [6, 6.07) is 12.3. The molecule has 1 aromatic heterocycles. The minimum atomic E-state index is -3.18. The van der Waals surface area contributed by atoms with Crippen molar-refractivity contribution in [1.82, 2.24) is 9.71 Å². The maximum absolute atomic E-state index is 11.5. The highest BCUT2D eigenvalue weighted by molar-refractivity contribution is 7.88. The maximum atomic E-state index is 11.5. The molecule has 6 nitrogen and oxygen atoms in total. The third-order valence-corrected chi connectivity index (χ3v) is 6.96. The predicted molar refractivity (Wildman–Crippen MR) is 101 cm³/mol. The second-order valence-corrected chi connectivity index (χ2v) is 9.73. The number of hydrogen-bond acceptors (Lipinski definition) is 5. The van der Waals surface area contributed by atoms with E-state index in [1.54, 1.807) is 0 Å². The fourth-order valence-electron chi connectivity index (χ4n) is 5.12. The van der Waals surface area contributed by atoms with Gasteiger partial charge in [0, 0.05) is 36.9 Å². The molecule has 0 amide bonds. The zero-order valence-electron chi connectivity index (χ0n) is 14.8. The Bertz CT molecular complexity index is 963. The van der Waals surface area contributed by atoms with Gasteiger partial charge in [-0.15, -0.1) is 0 Å². The Morgan fingerprint density at radius 1 is 1.31 bits per heavy atom. The number of hydrogen-bond donors (Lipinski definition) is 1. The minimum Gasteiger partial charge on any atom is -0.369 e. The molecule has 1 N–H and O–H groups in total. The van der Waals surface area contributed by atoms with Gasteiger partial charge in [0.1, 0.15) is 5.82 Å². The van der Waals surface area contributed by atoms with Crippen LogP contribution in [-0.4, -0.2) is 51.0 Å². The second-order valence-electron chi connectivity index (χ2n) is 7.89. The fourth-order valence-corrected chi connectivity index (χ4v) is 5.61. The van der Waals surface area contributed by atoms with E-state index in [9.17, 15) is 8.42 Å². The molecule has 0 saturated carbocycles. The van der Waals surface area contributed by atoms with Crippen LogP contribution in [0.4, 0.5) is 5.82 Å². The molecule has 26 heavy (non-hydrogen) atoms. The number of benzene rings is 1. The monoisotopic (exact) mass is 373 g/mol. The van der Waals surface area contributed by atoms with Crippen molar-refractivity contribution >= 4 is 26.7 Å². The quantitative estimate of drug-likeness (QED) is 0.884. The lowest BCUT2D eigenvalue weighted by Crippen LogP contribution is -2.41. The van der Waals surface area contributed by atoms with Gasteiger partial charge in [-0.2, -0.15) is 0 Å². The zero-order chi connectivity index (χ0) is 17.9. The van der Waals surface area contributed by atoms with Crippen molar-refractivity contribution < 1.29 is 13.2 Å². The van der Waals surface area contributed by atoms with Crippen LogP contribution in [0.3, 0.4) is 0 Å². The third-order valence-electron chi connectivity index (χ3n) is 6.27. The van der Waals surface area contributed by atoms with Gasteiger partial charge in [-0.3, -0.25) is 0 Å². The Hall–Kier alpha value is -1.70. The Morgan fingerprint density at radius 2 is 2.15 bits per heavy atom. The van der Waals surface area contributed by atoms with Crippen LogP contribution in [0.15, 0.2) is 36.4 Å². The standard InChI is InChI=1S/C19H23N3O3S/c1-26(23,24)20-10-14-15-11-22(12-19(15)9-8-17(14)25-19)18-7-6-13-4-2-3-5-16(13)21-18/h2-7,14-15,17,20H,8-12H2,1H3/t14-,15+,17+,19+/m0/s1. The highest BCUT2D eigenvalue weighted by Crippen LogP contribution is 2.55. The van der Waals surface area contributed by atoms with Gasteiger partial charge < -0.3 is 9.64 Å². The highest BCUT2D eigenvalue weighted by Gasteiger charge is 2.63. The molecular weight excluding hydrogens is 350 g/mol. The number of para-hydroxylation sites is 1. The molecule has 2 bridgehead atoms. The number of pyridine rings is 1. The van der Waals surface area contributed by atoms with Crippen LogP contribution < -0.4 is 9.62 Å². The van der Waals surface area contributed by atoms with E-state index in [1.807, 2.05) is 18.2 Å². The van der Waals surface area contributed by atoms with Crippen molar-refractivity contribution in [1.29, 1.82) is 0 Å². The van der Waals surface area contributed by atoms with Crippen LogP contribution in [0.25, 0.3) is 10.9 Å². The van der Waals surface area contributed by atoms with Gasteiger partial charge in [0.15, 0.2) is 0 Å². The summed E-state index contributed by atoms with van der Waals surface area (Å²) in [6.07, 6.45) is 3.48. The average molecular weight is 373 g/mol. The predicted octanol–water partition coefficient (Wildman–Crippen LogP) is 1.77. The van der Waals surface area contributed by atoms with Gasteiger partial charge in [-0.1, -0.05) is 18.2 Å². The van der Waals surface area contributed by atoms with E-state index < -0.39 is 10.0 Å². The summed E-state index contributed by atoms with van der Waals surface area (Å²) in [5.41, 5.74) is 0.863. The largest absolute Gasteiger partial charge is 0.369 e. The summed E-state index contributed by atoms with van der Waals surface area (Å²) >= 11 is 0. The molecule has 3 aliphatic rings. The normalized spacial score (nSPS) is 33.1. The van der Waals surface area contributed by atoms with E-state index >= 15 is 0 Å². The molecule has 3 saturated heterocycles. The topological polar surface area (TPSA) is 71.5 Å². The van der Waals surface area contributed by atoms with Gasteiger partial charge in [-0.05, 0) is 31.0 Å². The smallest absolute Gasteiger partial charge is 0.208 e. The molecule has 4 heterocycles. The lowest BCUT2D eigenvalue weighted by atomic mass is 9.74. The molecule has 138 valence electrons. The van der Waals surface area contributed by atoms with Crippen LogP contribution in [0.1, 0.15) is 12.8 Å². The van der Waals surface area contributed by atoms with Crippen molar-refractivity contribution in [2.24, 2.45) is 11.8 Å². The Labute approximate surface area is 153 Å². The molecule has 0 radical (unpaired) electrons. The number of fused-ring (bicyclic) bond motifs is 2. The molecule has 3 fully saturated rings. The zero-order valence-corrected chi connectivity index (χ0v) is 15.6. The number of nitrogens with one attached hydrogen (secondary N) is 1. The number of ether oxygens (including phenoxy) is 1. The maximum Gasteiger partial charge on any atom is 0.208 e. The van der Waals surface area contributed by atoms with Crippen LogP contribution in [0.2, 0.25) is 0 Å². The first-order chi connectivity index (χ1) is 12.4. The Morgan fingerprint density at radius 3 is 3.00 bits per heavy atom. The number of nitrogens with zero attached hydrogens (tertiary/aromatic N) is 2. The van der Waals surface area contributed by atoms with E-state index in [2.05, 4.69) is 27.8 Å². The molecule has 1 spiro atoms. The summed E-state index contributed by atoms with van der Waals surface area (Å²) in [6.45, 7) is 2.18. The van der Waals surface area contributed by atoms with Crippen molar-refractivity contribution in [2.45, 2.75) is 24.5 Å². The van der Waals surface area contributed by atoms with E-state index in [4.69, 9.17) is 9.72 Å². The molecule has 2 aromatic rings. The van der Waals surface area contributed by atoms with Crippen molar-refractivity contribution in [3.63, 3.8) is 0 Å². The molecule has 0 unspecified atom stereocenters. The van der Waals surface area contributed by atoms with Gasteiger partial charge >= 0.3 is 0 Å². The van der Waals surface area contributed by atoms with Gasteiger partial charge in [0.25, 0.3) is 0 Å². The molecule has 1 aromatic carbocycles. The van der Waals surface area contributed by atoms with Crippen molar-refractivity contribution in [3.05, 3.63) is 36.4 Å². The lowest BCUT2D eigenvalue weighted by Gasteiger charge is -2.29. The summed E-state index contributed by atoms with van der Waals surface area (Å²) in [4.78, 5) is 7.14.